The van der Waals surface area contributed by atoms with Gasteiger partial charge in [0.1, 0.15) is 0 Å². The van der Waals surface area contributed by atoms with Crippen LogP contribution < -0.4 is 10.2 Å². The molecule has 0 saturated carbocycles. The first-order chi connectivity index (χ1) is 15.9. The van der Waals surface area contributed by atoms with E-state index in [1.54, 1.807) is 40.1 Å². The molecule has 1 saturated heterocycles. The lowest BCUT2D eigenvalue weighted by Crippen LogP contribution is -2.51. The smallest absolute Gasteiger partial charge is 0.308 e. The molecule has 3 amide bonds. The van der Waals surface area contributed by atoms with Crippen LogP contribution in [0.3, 0.4) is 0 Å². The predicted octanol–water partition coefficient (Wildman–Crippen LogP) is 6.28. The molecular weight excluding hydrogens is 477 g/mol. The van der Waals surface area contributed by atoms with Crippen molar-refractivity contribution in [2.45, 2.75) is 18.3 Å². The predicted molar refractivity (Wildman–Crippen MR) is 135 cm³/mol. The molecule has 1 N–H and O–H groups in total. The maximum Gasteiger partial charge on any atom is 0.323 e. The molecule has 2 heterocycles. The quantitative estimate of drug-likeness (QED) is 0.462. The van der Waals surface area contributed by atoms with Crippen LogP contribution in [0.2, 0.25) is 10.0 Å². The number of fused-ring (bicyclic) bond motifs is 2. The van der Waals surface area contributed by atoms with Crippen molar-refractivity contribution in [3.05, 3.63) is 93.5 Å². The number of aryl methyl sites for hydroxylation is 1. The Morgan fingerprint density at radius 2 is 1.82 bits per heavy atom. The van der Waals surface area contributed by atoms with Crippen molar-refractivity contribution in [1.29, 1.82) is 0 Å². The molecule has 3 aromatic rings. The van der Waals surface area contributed by atoms with E-state index in [1.807, 2.05) is 37.3 Å². The van der Waals surface area contributed by atoms with E-state index in [9.17, 15) is 9.59 Å². The molecule has 1 spiro atoms. The van der Waals surface area contributed by atoms with Crippen LogP contribution in [0.5, 0.6) is 0 Å². The number of nitrogens with zero attached hydrogens (tertiary/aromatic N) is 2. The molecule has 168 valence electrons. The zero-order valence-electron chi connectivity index (χ0n) is 17.8. The maximum absolute atomic E-state index is 14.0. The number of hydrogen-bond acceptors (Lipinski definition) is 3. The average Bonchev–Trinajstić information content (AvgIpc) is 3.33. The normalized spacial score (nSPS) is 19.3. The van der Waals surface area contributed by atoms with Crippen LogP contribution in [0.1, 0.15) is 16.7 Å². The van der Waals surface area contributed by atoms with Gasteiger partial charge in [-0.1, -0.05) is 53.0 Å². The van der Waals surface area contributed by atoms with Gasteiger partial charge in [-0.05, 0) is 55.0 Å². The SMILES string of the molecule is Cc1cccc(CN2C(=O)[C@]3(SCCN3C(=O)Nc3ccc(Cl)cc3)c3cc(Cl)ccc32)c1. The molecule has 0 bridgehead atoms. The minimum atomic E-state index is -1.15. The summed E-state index contributed by atoms with van der Waals surface area (Å²) >= 11 is 13.8. The summed E-state index contributed by atoms with van der Waals surface area (Å²) in [5.41, 5.74) is 4.31. The summed E-state index contributed by atoms with van der Waals surface area (Å²) in [6.45, 7) is 2.89. The highest BCUT2D eigenvalue weighted by atomic mass is 35.5. The number of benzene rings is 3. The zero-order valence-corrected chi connectivity index (χ0v) is 20.2. The average molecular weight is 498 g/mol. The van der Waals surface area contributed by atoms with E-state index >= 15 is 0 Å². The number of urea groups is 1. The monoisotopic (exact) mass is 497 g/mol. The Bertz CT molecular complexity index is 1250. The largest absolute Gasteiger partial charge is 0.323 e. The van der Waals surface area contributed by atoms with E-state index < -0.39 is 4.87 Å². The molecule has 2 aliphatic heterocycles. The van der Waals surface area contributed by atoms with Crippen LogP contribution in [0.25, 0.3) is 0 Å². The van der Waals surface area contributed by atoms with Crippen molar-refractivity contribution in [3.63, 3.8) is 0 Å². The minimum Gasteiger partial charge on any atom is -0.308 e. The molecule has 3 aromatic carbocycles. The van der Waals surface area contributed by atoms with Gasteiger partial charge in [-0.2, -0.15) is 0 Å². The summed E-state index contributed by atoms with van der Waals surface area (Å²) in [5.74, 6) is 0.513. The lowest BCUT2D eigenvalue weighted by Gasteiger charge is -2.33. The molecular formula is C25H21Cl2N3O2S. The number of amides is 3. The molecule has 2 aliphatic rings. The molecule has 1 fully saturated rings. The lowest BCUT2D eigenvalue weighted by molar-refractivity contribution is -0.123. The standard InChI is InChI=1S/C25H21Cl2N3O2S/c1-16-3-2-4-17(13-16)15-29-22-10-7-19(27)14-21(22)25(23(29)31)30(11-12-33-25)24(32)28-20-8-5-18(26)6-9-20/h2-10,13-14H,11-12,15H2,1H3,(H,28,32)/t25-/m1/s1. The Labute approximate surface area is 206 Å². The highest BCUT2D eigenvalue weighted by Gasteiger charge is 2.59. The number of carbonyl (C=O) groups is 2. The van der Waals surface area contributed by atoms with Gasteiger partial charge in [-0.25, -0.2) is 4.79 Å². The summed E-state index contributed by atoms with van der Waals surface area (Å²) in [5, 5.41) is 4.03. The fourth-order valence-corrected chi connectivity index (χ4v) is 6.21. The highest BCUT2D eigenvalue weighted by molar-refractivity contribution is 8.01. The van der Waals surface area contributed by atoms with Gasteiger partial charge in [0.05, 0.1) is 12.2 Å². The van der Waals surface area contributed by atoms with Gasteiger partial charge in [0, 0.05) is 33.6 Å². The minimum absolute atomic E-state index is 0.130. The van der Waals surface area contributed by atoms with E-state index in [0.717, 1.165) is 22.4 Å². The molecule has 0 unspecified atom stereocenters. The summed E-state index contributed by atoms with van der Waals surface area (Å²) in [6, 6.07) is 20.1. The molecule has 5 nitrogen and oxygen atoms in total. The third kappa shape index (κ3) is 3.86. The lowest BCUT2D eigenvalue weighted by atomic mass is 10.1. The van der Waals surface area contributed by atoms with Crippen molar-refractivity contribution in [2.75, 3.05) is 22.5 Å². The fourth-order valence-electron chi connectivity index (χ4n) is 4.46. The van der Waals surface area contributed by atoms with Crippen molar-refractivity contribution in [1.82, 2.24) is 4.90 Å². The Hall–Kier alpha value is -2.67. The first-order valence-corrected chi connectivity index (χ1v) is 12.3. The first kappa shape index (κ1) is 22.1. The van der Waals surface area contributed by atoms with Crippen molar-refractivity contribution < 1.29 is 9.59 Å². The summed E-state index contributed by atoms with van der Waals surface area (Å²) in [4.78, 5) is 29.6. The third-order valence-corrected chi connectivity index (χ3v) is 7.83. The zero-order chi connectivity index (χ0) is 23.2. The summed E-state index contributed by atoms with van der Waals surface area (Å²) in [6.07, 6.45) is 0. The summed E-state index contributed by atoms with van der Waals surface area (Å²) in [7, 11) is 0. The summed E-state index contributed by atoms with van der Waals surface area (Å²) < 4.78 is 0. The first-order valence-electron chi connectivity index (χ1n) is 10.5. The van der Waals surface area contributed by atoms with E-state index in [2.05, 4.69) is 11.4 Å². The number of nitrogens with one attached hydrogen (secondary N) is 1. The molecule has 0 radical (unpaired) electrons. The van der Waals surface area contributed by atoms with Crippen molar-refractivity contribution in [2.24, 2.45) is 0 Å². The number of hydrogen-bond donors (Lipinski definition) is 1. The fraction of sp³-hybridized carbons (Fsp3) is 0.200. The van der Waals surface area contributed by atoms with Crippen LogP contribution in [0.4, 0.5) is 16.2 Å². The van der Waals surface area contributed by atoms with E-state index in [-0.39, 0.29) is 11.9 Å². The maximum atomic E-state index is 14.0. The molecule has 8 heteroatoms. The van der Waals surface area contributed by atoms with Crippen LogP contribution in [-0.2, 0) is 16.2 Å². The van der Waals surface area contributed by atoms with Gasteiger partial charge in [-0.3, -0.25) is 9.69 Å². The van der Waals surface area contributed by atoms with Crippen LogP contribution in [0.15, 0.2) is 66.7 Å². The molecule has 0 aromatic heterocycles. The number of thioether (sulfide) groups is 1. The molecule has 1 atom stereocenters. The topological polar surface area (TPSA) is 52.7 Å². The second-order valence-corrected chi connectivity index (χ2v) is 10.3. The molecule has 0 aliphatic carbocycles. The number of carbonyl (C=O) groups excluding carboxylic acids is 2. The van der Waals surface area contributed by atoms with Crippen LogP contribution in [0, 0.1) is 6.92 Å². The Morgan fingerprint density at radius 3 is 2.58 bits per heavy atom. The van der Waals surface area contributed by atoms with E-state index in [4.69, 9.17) is 23.2 Å². The Kier molecular flexibility index (Phi) is 5.77. The third-order valence-electron chi connectivity index (χ3n) is 5.92. The highest BCUT2D eigenvalue weighted by Crippen LogP contribution is 2.55. The van der Waals surface area contributed by atoms with Crippen molar-refractivity contribution >= 4 is 58.3 Å². The Balaban J connectivity index is 1.53. The molecule has 5 rings (SSSR count). The van der Waals surface area contributed by atoms with Gasteiger partial charge in [0.2, 0.25) is 0 Å². The number of halogens is 2. The van der Waals surface area contributed by atoms with Crippen molar-refractivity contribution in [3.8, 4) is 0 Å². The van der Waals surface area contributed by atoms with E-state index in [0.29, 0.717) is 34.6 Å². The Morgan fingerprint density at radius 1 is 1.06 bits per heavy atom. The molecule has 33 heavy (non-hydrogen) atoms. The van der Waals surface area contributed by atoms with Gasteiger partial charge < -0.3 is 10.2 Å². The van der Waals surface area contributed by atoms with E-state index in [1.165, 1.54) is 11.8 Å². The van der Waals surface area contributed by atoms with Crippen LogP contribution in [-0.4, -0.2) is 29.1 Å². The van der Waals surface area contributed by atoms with Gasteiger partial charge in [0.15, 0.2) is 4.87 Å². The number of anilines is 2. The van der Waals surface area contributed by atoms with Gasteiger partial charge >= 0.3 is 6.03 Å². The van der Waals surface area contributed by atoms with Gasteiger partial charge in [-0.15, -0.1) is 11.8 Å². The second-order valence-electron chi connectivity index (χ2n) is 8.12. The second kappa shape index (κ2) is 8.60. The number of rotatable bonds is 3. The van der Waals surface area contributed by atoms with Crippen LogP contribution >= 0.6 is 35.0 Å². The van der Waals surface area contributed by atoms with Gasteiger partial charge in [0.25, 0.3) is 5.91 Å².